The third kappa shape index (κ3) is 3.60. The van der Waals surface area contributed by atoms with Crippen molar-refractivity contribution in [3.8, 4) is 11.1 Å². The smallest absolute Gasteiger partial charge is 0.141 e. The molecule has 174 valence electrons. The molecule has 0 heterocycles. The minimum absolute atomic E-state index is 0.629. The van der Waals surface area contributed by atoms with Gasteiger partial charge in [-0.3, -0.25) is 0 Å². The van der Waals surface area contributed by atoms with Crippen LogP contribution in [0, 0.1) is 6.92 Å². The van der Waals surface area contributed by atoms with Crippen molar-refractivity contribution in [2.45, 2.75) is 12.5 Å². The van der Waals surface area contributed by atoms with Crippen LogP contribution >= 0.6 is 11.6 Å². The molecule has 0 spiro atoms. The van der Waals surface area contributed by atoms with Crippen molar-refractivity contribution in [2.75, 3.05) is 0 Å². The molecular formula is C34H25ClO. The Bertz CT molecular complexity index is 1670. The molecule has 0 atom stereocenters. The fourth-order valence-electron chi connectivity index (χ4n) is 5.32. The summed E-state index contributed by atoms with van der Waals surface area (Å²) < 4.78 is 0. The Morgan fingerprint density at radius 1 is 0.556 bits per heavy atom. The molecule has 0 saturated carbocycles. The minimum Gasteiger partial charge on any atom is -0.376 e. The summed E-state index contributed by atoms with van der Waals surface area (Å²) in [5.74, 6) is 0. The lowest BCUT2D eigenvalue weighted by molar-refractivity contribution is 0.126. The molecule has 1 N–H and O–H groups in total. The quantitative estimate of drug-likeness (QED) is 0.195. The van der Waals surface area contributed by atoms with Gasteiger partial charge < -0.3 is 5.11 Å². The summed E-state index contributed by atoms with van der Waals surface area (Å²) >= 11 is 6.76. The normalized spacial score (nSPS) is 11.8. The number of aliphatic hydroxyl groups is 1. The molecule has 36 heavy (non-hydrogen) atoms. The van der Waals surface area contributed by atoms with Crippen LogP contribution < -0.4 is 0 Å². The fraction of sp³-hybridized carbons (Fsp3) is 0.0588. The van der Waals surface area contributed by atoms with Crippen molar-refractivity contribution < 1.29 is 5.11 Å². The molecule has 6 aromatic carbocycles. The molecular weight excluding hydrogens is 460 g/mol. The molecule has 0 aliphatic heterocycles. The Morgan fingerprint density at radius 2 is 1.08 bits per heavy atom. The van der Waals surface area contributed by atoms with Crippen LogP contribution in [-0.2, 0) is 5.60 Å². The fourth-order valence-corrected chi connectivity index (χ4v) is 5.48. The van der Waals surface area contributed by atoms with Crippen LogP contribution in [0.2, 0.25) is 5.02 Å². The average Bonchev–Trinajstić information content (AvgIpc) is 2.94. The highest BCUT2D eigenvalue weighted by Gasteiger charge is 2.36. The molecule has 6 aromatic rings. The van der Waals surface area contributed by atoms with Crippen LogP contribution in [0.4, 0.5) is 0 Å². The molecule has 0 radical (unpaired) electrons. The Labute approximate surface area is 216 Å². The van der Waals surface area contributed by atoms with Gasteiger partial charge in [0, 0.05) is 10.6 Å². The molecule has 1 nitrogen and oxygen atoms in total. The van der Waals surface area contributed by atoms with Gasteiger partial charge in [-0.25, -0.2) is 0 Å². The lowest BCUT2D eigenvalue weighted by Gasteiger charge is -2.33. The number of fused-ring (bicyclic) bond motifs is 3. The summed E-state index contributed by atoms with van der Waals surface area (Å²) in [6, 6.07) is 42.9. The van der Waals surface area contributed by atoms with Crippen LogP contribution in [0.25, 0.3) is 32.7 Å². The number of aryl methyl sites for hydroxylation is 1. The maximum absolute atomic E-state index is 12.7. The van der Waals surface area contributed by atoms with Gasteiger partial charge in [0.05, 0.1) is 0 Å². The second-order valence-corrected chi connectivity index (χ2v) is 9.69. The van der Waals surface area contributed by atoms with Gasteiger partial charge in [0.1, 0.15) is 5.60 Å². The van der Waals surface area contributed by atoms with E-state index in [0.29, 0.717) is 5.02 Å². The van der Waals surface area contributed by atoms with Crippen molar-refractivity contribution in [1.82, 2.24) is 0 Å². The molecule has 0 aliphatic rings. The Kier molecular flexibility index (Phi) is 5.60. The molecule has 6 rings (SSSR count). The van der Waals surface area contributed by atoms with Crippen molar-refractivity contribution in [2.24, 2.45) is 0 Å². The predicted molar refractivity (Wildman–Crippen MR) is 152 cm³/mol. The second kappa shape index (κ2) is 8.95. The molecule has 2 heteroatoms. The zero-order valence-electron chi connectivity index (χ0n) is 19.9. The summed E-state index contributed by atoms with van der Waals surface area (Å²) in [5.41, 5.74) is 3.96. The monoisotopic (exact) mass is 484 g/mol. The summed E-state index contributed by atoms with van der Waals surface area (Å²) in [6.07, 6.45) is 0. The van der Waals surface area contributed by atoms with Crippen molar-refractivity contribution in [3.63, 3.8) is 0 Å². The van der Waals surface area contributed by atoms with Crippen LogP contribution in [-0.4, -0.2) is 5.11 Å². The third-order valence-corrected chi connectivity index (χ3v) is 7.54. The van der Waals surface area contributed by atoms with E-state index in [2.05, 4.69) is 60.7 Å². The van der Waals surface area contributed by atoms with E-state index in [1.807, 2.05) is 73.7 Å². The first-order valence-corrected chi connectivity index (χ1v) is 12.5. The van der Waals surface area contributed by atoms with Gasteiger partial charge in [-0.2, -0.15) is 0 Å². The topological polar surface area (TPSA) is 20.2 Å². The molecule has 0 aliphatic carbocycles. The Hall–Kier alpha value is -3.91. The lowest BCUT2D eigenvalue weighted by atomic mass is 9.76. The van der Waals surface area contributed by atoms with E-state index in [-0.39, 0.29) is 0 Å². The summed E-state index contributed by atoms with van der Waals surface area (Å²) in [7, 11) is 0. The van der Waals surface area contributed by atoms with Gasteiger partial charge in [0.2, 0.25) is 0 Å². The number of benzene rings is 6. The van der Waals surface area contributed by atoms with Crippen LogP contribution in [0.1, 0.15) is 22.3 Å². The van der Waals surface area contributed by atoms with Crippen molar-refractivity contribution >= 4 is 33.1 Å². The van der Waals surface area contributed by atoms with Gasteiger partial charge in [-0.15, -0.1) is 0 Å². The van der Waals surface area contributed by atoms with E-state index in [4.69, 9.17) is 11.6 Å². The van der Waals surface area contributed by atoms with E-state index >= 15 is 0 Å². The average molecular weight is 485 g/mol. The first-order chi connectivity index (χ1) is 17.6. The summed E-state index contributed by atoms with van der Waals surface area (Å²) in [4.78, 5) is 0. The van der Waals surface area contributed by atoms with E-state index in [1.165, 1.54) is 10.8 Å². The third-order valence-electron chi connectivity index (χ3n) is 7.13. The number of rotatable bonds is 4. The van der Waals surface area contributed by atoms with Crippen molar-refractivity contribution in [1.29, 1.82) is 0 Å². The standard InChI is InChI=1S/C34H25ClO/c1-23-20-31(30-21-24-12-8-9-17-27(24)28-18-10-11-19-29(28)30)32(22-33(23)35)34(36,25-13-4-2-5-14-25)26-15-6-3-7-16-26/h2-22,36H,1H3. The van der Waals surface area contributed by atoms with E-state index in [1.54, 1.807) is 0 Å². The maximum atomic E-state index is 12.7. The first-order valence-electron chi connectivity index (χ1n) is 12.1. The molecule has 0 bridgehead atoms. The predicted octanol–water partition coefficient (Wildman–Crippen LogP) is 8.91. The van der Waals surface area contributed by atoms with Gasteiger partial charge >= 0.3 is 0 Å². The highest BCUT2D eigenvalue weighted by Crippen LogP contribution is 2.45. The highest BCUT2D eigenvalue weighted by atomic mass is 35.5. The largest absolute Gasteiger partial charge is 0.376 e. The first kappa shape index (κ1) is 22.5. The Balaban J connectivity index is 1.76. The van der Waals surface area contributed by atoms with Crippen molar-refractivity contribution in [3.05, 3.63) is 155 Å². The number of hydrogen-bond donors (Lipinski definition) is 1. The zero-order valence-corrected chi connectivity index (χ0v) is 20.7. The van der Waals surface area contributed by atoms with Crippen LogP contribution in [0.5, 0.6) is 0 Å². The lowest BCUT2D eigenvalue weighted by Crippen LogP contribution is -2.29. The van der Waals surface area contributed by atoms with Gasteiger partial charge in [0.15, 0.2) is 0 Å². The van der Waals surface area contributed by atoms with Gasteiger partial charge in [0.25, 0.3) is 0 Å². The van der Waals surface area contributed by atoms with Crippen LogP contribution in [0.15, 0.2) is 127 Å². The second-order valence-electron chi connectivity index (χ2n) is 9.28. The van der Waals surface area contributed by atoms with Gasteiger partial charge in [-0.1, -0.05) is 121 Å². The molecule has 0 amide bonds. The molecule has 0 aromatic heterocycles. The summed E-state index contributed by atoms with van der Waals surface area (Å²) in [6.45, 7) is 2.02. The van der Waals surface area contributed by atoms with Crippen LogP contribution in [0.3, 0.4) is 0 Å². The van der Waals surface area contributed by atoms with Gasteiger partial charge in [-0.05, 0) is 74.5 Å². The SMILES string of the molecule is Cc1cc(-c2cc3ccccc3c3ccccc23)c(C(O)(c2ccccc2)c2ccccc2)cc1Cl. The maximum Gasteiger partial charge on any atom is 0.141 e. The molecule has 0 fully saturated rings. The highest BCUT2D eigenvalue weighted by molar-refractivity contribution is 6.31. The molecule has 0 saturated heterocycles. The molecule has 0 unspecified atom stereocenters. The Morgan fingerprint density at radius 3 is 1.72 bits per heavy atom. The number of halogens is 1. The summed E-state index contributed by atoms with van der Waals surface area (Å²) in [5, 5.41) is 18.0. The van der Waals surface area contributed by atoms with E-state index in [9.17, 15) is 5.11 Å². The van der Waals surface area contributed by atoms with E-state index in [0.717, 1.165) is 44.2 Å². The minimum atomic E-state index is -1.40. The van der Waals surface area contributed by atoms with E-state index < -0.39 is 5.60 Å². The zero-order chi connectivity index (χ0) is 24.7. The number of hydrogen-bond acceptors (Lipinski definition) is 1.